The Labute approximate surface area is 72.6 Å². The molecule has 70 valence electrons. The third kappa shape index (κ3) is 2.79. The molecule has 4 nitrogen and oxygen atoms in total. The summed E-state index contributed by atoms with van der Waals surface area (Å²) in [5.74, 6) is 0.0235. The lowest BCUT2D eigenvalue weighted by Crippen LogP contribution is -2.38. The Morgan fingerprint density at radius 2 is 2.33 bits per heavy atom. The van der Waals surface area contributed by atoms with Crippen molar-refractivity contribution in [3.8, 4) is 0 Å². The van der Waals surface area contributed by atoms with Crippen LogP contribution in [0.4, 0.5) is 0 Å². The number of amides is 1. The van der Waals surface area contributed by atoms with Crippen LogP contribution in [0.1, 0.15) is 12.8 Å². The molecule has 1 amide bonds. The number of nitrogens with zero attached hydrogens (tertiary/aromatic N) is 1. The first kappa shape index (κ1) is 9.48. The SMILES string of the molecule is CNC(=O)CN(CCO)C1CC1. The van der Waals surface area contributed by atoms with Crippen molar-refractivity contribution < 1.29 is 9.90 Å². The Kier molecular flexibility index (Phi) is 3.49. The minimum atomic E-state index is 0.0235. The van der Waals surface area contributed by atoms with Crippen molar-refractivity contribution in [3.63, 3.8) is 0 Å². The van der Waals surface area contributed by atoms with E-state index in [-0.39, 0.29) is 12.5 Å². The van der Waals surface area contributed by atoms with E-state index in [1.54, 1.807) is 7.05 Å². The zero-order valence-electron chi connectivity index (χ0n) is 7.42. The van der Waals surface area contributed by atoms with E-state index in [2.05, 4.69) is 5.32 Å². The van der Waals surface area contributed by atoms with Crippen LogP contribution in [0.25, 0.3) is 0 Å². The Hall–Kier alpha value is -0.610. The lowest BCUT2D eigenvalue weighted by molar-refractivity contribution is -0.122. The van der Waals surface area contributed by atoms with E-state index in [9.17, 15) is 4.79 Å². The molecule has 0 aromatic heterocycles. The Bertz CT molecular complexity index is 157. The predicted molar refractivity (Wildman–Crippen MR) is 45.7 cm³/mol. The number of nitrogens with one attached hydrogen (secondary N) is 1. The van der Waals surface area contributed by atoms with Gasteiger partial charge in [0.15, 0.2) is 0 Å². The number of aliphatic hydroxyl groups excluding tert-OH is 1. The van der Waals surface area contributed by atoms with Crippen molar-refractivity contribution in [2.45, 2.75) is 18.9 Å². The molecule has 12 heavy (non-hydrogen) atoms. The first-order chi connectivity index (χ1) is 5.77. The topological polar surface area (TPSA) is 52.6 Å². The van der Waals surface area contributed by atoms with Gasteiger partial charge in [0.1, 0.15) is 0 Å². The second-order valence-corrected chi connectivity index (χ2v) is 3.10. The molecule has 0 bridgehead atoms. The zero-order valence-corrected chi connectivity index (χ0v) is 7.42. The molecule has 1 rings (SSSR count). The average molecular weight is 172 g/mol. The number of carbonyl (C=O) groups is 1. The normalized spacial score (nSPS) is 16.6. The highest BCUT2D eigenvalue weighted by molar-refractivity contribution is 5.77. The first-order valence-electron chi connectivity index (χ1n) is 4.33. The summed E-state index contributed by atoms with van der Waals surface area (Å²) >= 11 is 0. The molecule has 1 aliphatic carbocycles. The Balaban J connectivity index is 2.26. The highest BCUT2D eigenvalue weighted by Gasteiger charge is 2.29. The van der Waals surface area contributed by atoms with E-state index >= 15 is 0 Å². The predicted octanol–water partition coefficient (Wildman–Crippen LogP) is -0.811. The second kappa shape index (κ2) is 4.42. The summed E-state index contributed by atoms with van der Waals surface area (Å²) < 4.78 is 0. The van der Waals surface area contributed by atoms with Gasteiger partial charge in [-0.05, 0) is 12.8 Å². The van der Waals surface area contributed by atoms with Crippen molar-refractivity contribution in [3.05, 3.63) is 0 Å². The smallest absolute Gasteiger partial charge is 0.233 e. The minimum Gasteiger partial charge on any atom is -0.395 e. The van der Waals surface area contributed by atoms with Crippen LogP contribution in [0.2, 0.25) is 0 Å². The molecule has 0 aromatic carbocycles. The quantitative estimate of drug-likeness (QED) is 0.570. The zero-order chi connectivity index (χ0) is 8.97. The molecule has 1 saturated carbocycles. The minimum absolute atomic E-state index is 0.0235. The van der Waals surface area contributed by atoms with Crippen LogP contribution in [0, 0.1) is 0 Å². The van der Waals surface area contributed by atoms with Gasteiger partial charge < -0.3 is 10.4 Å². The molecule has 1 aliphatic rings. The van der Waals surface area contributed by atoms with Crippen molar-refractivity contribution in [1.29, 1.82) is 0 Å². The van der Waals surface area contributed by atoms with E-state index in [1.165, 1.54) is 0 Å². The lowest BCUT2D eigenvalue weighted by Gasteiger charge is -2.19. The summed E-state index contributed by atoms with van der Waals surface area (Å²) in [4.78, 5) is 13.0. The maximum absolute atomic E-state index is 11.0. The van der Waals surface area contributed by atoms with Gasteiger partial charge in [-0.15, -0.1) is 0 Å². The van der Waals surface area contributed by atoms with E-state index in [4.69, 9.17) is 5.11 Å². The molecular weight excluding hydrogens is 156 g/mol. The average Bonchev–Trinajstić information content (AvgIpc) is 2.86. The molecule has 1 fully saturated rings. The van der Waals surface area contributed by atoms with E-state index in [0.717, 1.165) is 12.8 Å². The van der Waals surface area contributed by atoms with Crippen molar-refractivity contribution >= 4 is 5.91 Å². The van der Waals surface area contributed by atoms with E-state index in [0.29, 0.717) is 19.1 Å². The summed E-state index contributed by atoms with van der Waals surface area (Å²) in [6.45, 7) is 1.16. The molecule has 4 heteroatoms. The van der Waals surface area contributed by atoms with Gasteiger partial charge in [0.2, 0.25) is 5.91 Å². The van der Waals surface area contributed by atoms with Crippen LogP contribution < -0.4 is 5.32 Å². The van der Waals surface area contributed by atoms with Gasteiger partial charge in [0.25, 0.3) is 0 Å². The number of hydrogen-bond donors (Lipinski definition) is 2. The largest absolute Gasteiger partial charge is 0.395 e. The fourth-order valence-corrected chi connectivity index (χ4v) is 1.22. The highest BCUT2D eigenvalue weighted by Crippen LogP contribution is 2.25. The van der Waals surface area contributed by atoms with Crippen LogP contribution in [0.3, 0.4) is 0 Å². The fourth-order valence-electron chi connectivity index (χ4n) is 1.22. The van der Waals surface area contributed by atoms with Gasteiger partial charge in [0.05, 0.1) is 13.2 Å². The van der Waals surface area contributed by atoms with Crippen molar-refractivity contribution in [2.75, 3.05) is 26.7 Å². The molecule has 0 aromatic rings. The van der Waals surface area contributed by atoms with E-state index < -0.39 is 0 Å². The first-order valence-corrected chi connectivity index (χ1v) is 4.33. The second-order valence-electron chi connectivity index (χ2n) is 3.10. The van der Waals surface area contributed by atoms with E-state index in [1.807, 2.05) is 4.90 Å². The summed E-state index contributed by atoms with van der Waals surface area (Å²) in [6, 6.07) is 0.537. The van der Waals surface area contributed by atoms with Gasteiger partial charge in [0, 0.05) is 19.6 Å². The Morgan fingerprint density at radius 3 is 2.75 bits per heavy atom. The van der Waals surface area contributed by atoms with Gasteiger partial charge in [-0.2, -0.15) is 0 Å². The highest BCUT2D eigenvalue weighted by atomic mass is 16.3. The molecule has 2 N–H and O–H groups in total. The summed E-state index contributed by atoms with van der Waals surface area (Å²) in [5.41, 5.74) is 0. The van der Waals surface area contributed by atoms with Crippen LogP contribution in [-0.4, -0.2) is 48.7 Å². The van der Waals surface area contributed by atoms with Crippen LogP contribution >= 0.6 is 0 Å². The van der Waals surface area contributed by atoms with Crippen LogP contribution in [0.15, 0.2) is 0 Å². The molecule has 0 unspecified atom stereocenters. The monoisotopic (exact) mass is 172 g/mol. The number of likely N-dealkylation sites (N-methyl/N-ethyl adjacent to an activating group) is 1. The maximum atomic E-state index is 11.0. The van der Waals surface area contributed by atoms with Gasteiger partial charge in [-0.3, -0.25) is 9.69 Å². The summed E-state index contributed by atoms with van der Waals surface area (Å²) in [6.07, 6.45) is 2.33. The third-order valence-corrected chi connectivity index (χ3v) is 2.08. The van der Waals surface area contributed by atoms with Crippen molar-refractivity contribution in [2.24, 2.45) is 0 Å². The van der Waals surface area contributed by atoms with Crippen LogP contribution in [0.5, 0.6) is 0 Å². The Morgan fingerprint density at radius 1 is 1.67 bits per heavy atom. The van der Waals surface area contributed by atoms with Crippen LogP contribution in [-0.2, 0) is 4.79 Å². The van der Waals surface area contributed by atoms with Gasteiger partial charge in [-0.25, -0.2) is 0 Å². The fraction of sp³-hybridized carbons (Fsp3) is 0.875. The van der Waals surface area contributed by atoms with Gasteiger partial charge in [-0.1, -0.05) is 0 Å². The van der Waals surface area contributed by atoms with Crippen molar-refractivity contribution in [1.82, 2.24) is 10.2 Å². The number of hydrogen-bond acceptors (Lipinski definition) is 3. The summed E-state index contributed by atoms with van der Waals surface area (Å²) in [5, 5.41) is 11.3. The molecule has 0 aliphatic heterocycles. The molecule has 0 saturated heterocycles. The summed E-state index contributed by atoms with van der Waals surface area (Å²) in [7, 11) is 1.63. The molecule has 0 heterocycles. The molecular formula is C8H16N2O2. The molecule has 0 radical (unpaired) electrons. The molecule has 0 atom stereocenters. The lowest BCUT2D eigenvalue weighted by atomic mass is 10.4. The standard InChI is InChI=1S/C8H16N2O2/c1-9-8(12)6-10(4-5-11)7-2-3-7/h7,11H,2-6H2,1H3,(H,9,12). The maximum Gasteiger partial charge on any atom is 0.233 e. The molecule has 0 spiro atoms. The third-order valence-electron chi connectivity index (χ3n) is 2.08. The number of aliphatic hydroxyl groups is 1. The van der Waals surface area contributed by atoms with Gasteiger partial charge >= 0.3 is 0 Å². The number of carbonyl (C=O) groups excluding carboxylic acids is 1. The number of rotatable bonds is 5.